The molecule has 0 bridgehead atoms. The van der Waals surface area contributed by atoms with Crippen LogP contribution in [0.2, 0.25) is 0 Å². The Hall–Kier alpha value is -2.00. The largest absolute Gasteiger partial charge is 0.508 e. The van der Waals surface area contributed by atoms with E-state index >= 15 is 0 Å². The fourth-order valence-electron chi connectivity index (χ4n) is 2.31. The smallest absolute Gasteiger partial charge is 0.200 e. The van der Waals surface area contributed by atoms with Crippen LogP contribution in [0.4, 0.5) is 22.0 Å². The molecule has 2 aromatic rings. The quantitative estimate of drug-likeness (QED) is 0.349. The first-order chi connectivity index (χ1) is 11.8. The van der Waals surface area contributed by atoms with Gasteiger partial charge in [0.1, 0.15) is 16.4 Å². The number of halogens is 5. The number of phenolic OH excluding ortho intramolecular Hbond substituents is 2. The first kappa shape index (κ1) is 17.8. The molecule has 2 aromatic carbocycles. The maximum atomic E-state index is 13.9. The average Bonchev–Trinajstić information content (AvgIpc) is 3.38. The molecule has 0 radical (unpaired) electrons. The van der Waals surface area contributed by atoms with Gasteiger partial charge in [0.2, 0.25) is 5.82 Å². The van der Waals surface area contributed by atoms with Crippen LogP contribution in [-0.2, 0) is 6.54 Å². The lowest BCUT2D eigenvalue weighted by Gasteiger charge is -2.22. The Morgan fingerprint density at radius 3 is 1.80 bits per heavy atom. The van der Waals surface area contributed by atoms with Gasteiger partial charge in [-0.2, -0.15) is 0 Å². The van der Waals surface area contributed by atoms with Crippen LogP contribution >= 0.6 is 11.9 Å². The van der Waals surface area contributed by atoms with E-state index in [0.717, 1.165) is 6.07 Å². The minimum Gasteiger partial charge on any atom is -0.508 e. The second kappa shape index (κ2) is 6.72. The summed E-state index contributed by atoms with van der Waals surface area (Å²) in [6, 6.07) is 3.69. The van der Waals surface area contributed by atoms with Crippen LogP contribution in [0.1, 0.15) is 18.4 Å². The van der Waals surface area contributed by atoms with Gasteiger partial charge in [-0.3, -0.25) is 0 Å². The Bertz CT molecular complexity index is 779. The van der Waals surface area contributed by atoms with Crippen LogP contribution in [0.3, 0.4) is 0 Å². The first-order valence-corrected chi connectivity index (χ1v) is 8.03. The van der Waals surface area contributed by atoms with E-state index in [9.17, 15) is 32.2 Å². The minimum absolute atomic E-state index is 0.0385. The summed E-state index contributed by atoms with van der Waals surface area (Å²) < 4.78 is 69.0. The molecular formula is C16H12F5NO2S. The third kappa shape index (κ3) is 3.67. The Morgan fingerprint density at radius 2 is 1.32 bits per heavy atom. The summed E-state index contributed by atoms with van der Waals surface area (Å²) in [7, 11) is 0. The Labute approximate surface area is 143 Å². The summed E-state index contributed by atoms with van der Waals surface area (Å²) in [5.41, 5.74) is 0.431. The molecule has 0 heterocycles. The molecule has 0 atom stereocenters. The third-order valence-corrected chi connectivity index (χ3v) is 4.84. The highest BCUT2D eigenvalue weighted by atomic mass is 32.2. The Balaban J connectivity index is 1.91. The molecule has 1 aliphatic carbocycles. The van der Waals surface area contributed by atoms with Crippen molar-refractivity contribution in [2.75, 3.05) is 0 Å². The molecule has 0 spiro atoms. The maximum Gasteiger partial charge on any atom is 0.200 e. The normalized spacial score (nSPS) is 14.3. The lowest BCUT2D eigenvalue weighted by Crippen LogP contribution is -2.19. The molecule has 2 N–H and O–H groups in total. The molecule has 25 heavy (non-hydrogen) atoms. The topological polar surface area (TPSA) is 43.7 Å². The first-order valence-electron chi connectivity index (χ1n) is 7.26. The lowest BCUT2D eigenvalue weighted by atomic mass is 10.2. The maximum absolute atomic E-state index is 13.9. The van der Waals surface area contributed by atoms with E-state index in [-0.39, 0.29) is 24.1 Å². The molecule has 9 heteroatoms. The van der Waals surface area contributed by atoms with Crippen molar-refractivity contribution in [1.82, 2.24) is 4.31 Å². The van der Waals surface area contributed by atoms with E-state index in [1.54, 1.807) is 0 Å². The van der Waals surface area contributed by atoms with Crippen molar-refractivity contribution < 1.29 is 32.2 Å². The van der Waals surface area contributed by atoms with Gasteiger partial charge >= 0.3 is 0 Å². The second-order valence-electron chi connectivity index (χ2n) is 5.65. The molecule has 1 aliphatic rings. The summed E-state index contributed by atoms with van der Waals surface area (Å²) in [5, 5.41) is 19.0. The van der Waals surface area contributed by atoms with Crippen molar-refractivity contribution in [3.8, 4) is 11.5 Å². The van der Waals surface area contributed by atoms with Gasteiger partial charge in [0.25, 0.3) is 0 Å². The van der Waals surface area contributed by atoms with Crippen LogP contribution < -0.4 is 0 Å². The van der Waals surface area contributed by atoms with Gasteiger partial charge in [0.05, 0.1) is 0 Å². The lowest BCUT2D eigenvalue weighted by molar-refractivity contribution is 0.358. The summed E-state index contributed by atoms with van der Waals surface area (Å²) in [4.78, 5) is -0.979. The highest BCUT2D eigenvalue weighted by Gasteiger charge is 2.34. The van der Waals surface area contributed by atoms with Gasteiger partial charge in [-0.25, -0.2) is 26.3 Å². The highest BCUT2D eigenvalue weighted by molar-refractivity contribution is 7.97. The van der Waals surface area contributed by atoms with Gasteiger partial charge in [0.15, 0.2) is 23.3 Å². The van der Waals surface area contributed by atoms with Crippen molar-refractivity contribution >= 4 is 11.9 Å². The number of benzene rings is 2. The van der Waals surface area contributed by atoms with Crippen LogP contribution in [-0.4, -0.2) is 20.6 Å². The van der Waals surface area contributed by atoms with E-state index < -0.39 is 34.0 Å². The van der Waals surface area contributed by atoms with E-state index in [4.69, 9.17) is 0 Å². The van der Waals surface area contributed by atoms with Gasteiger partial charge in [0, 0.05) is 18.7 Å². The number of nitrogens with zero attached hydrogens (tertiary/aromatic N) is 1. The Morgan fingerprint density at radius 1 is 0.840 bits per heavy atom. The fourth-order valence-corrected chi connectivity index (χ4v) is 3.46. The molecule has 3 rings (SSSR count). The molecule has 0 aliphatic heterocycles. The number of phenols is 2. The zero-order chi connectivity index (χ0) is 18.3. The summed E-state index contributed by atoms with van der Waals surface area (Å²) in [6.07, 6.45) is 1.40. The van der Waals surface area contributed by atoms with Gasteiger partial charge < -0.3 is 10.2 Å². The van der Waals surface area contributed by atoms with Crippen molar-refractivity contribution in [2.45, 2.75) is 30.3 Å². The van der Waals surface area contributed by atoms with Crippen molar-refractivity contribution in [3.63, 3.8) is 0 Å². The molecule has 0 saturated heterocycles. The minimum atomic E-state index is -2.20. The molecule has 134 valence electrons. The van der Waals surface area contributed by atoms with Gasteiger partial charge in [-0.15, -0.1) is 0 Å². The Kier molecular flexibility index (Phi) is 4.79. The van der Waals surface area contributed by atoms with Crippen LogP contribution in [0, 0.1) is 29.1 Å². The summed E-state index contributed by atoms with van der Waals surface area (Å²) in [6.45, 7) is 0.0385. The third-order valence-electron chi connectivity index (χ3n) is 3.63. The van der Waals surface area contributed by atoms with Crippen LogP contribution in [0.15, 0.2) is 23.1 Å². The average molecular weight is 377 g/mol. The van der Waals surface area contributed by atoms with Gasteiger partial charge in [-0.05, 0) is 42.5 Å². The number of aromatic hydroxyl groups is 2. The van der Waals surface area contributed by atoms with Gasteiger partial charge in [-0.1, -0.05) is 0 Å². The summed E-state index contributed by atoms with van der Waals surface area (Å²) >= 11 is 0.430. The van der Waals surface area contributed by atoms with Crippen molar-refractivity contribution in [1.29, 1.82) is 0 Å². The van der Waals surface area contributed by atoms with E-state index in [0.29, 0.717) is 30.4 Å². The van der Waals surface area contributed by atoms with Crippen LogP contribution in [0.5, 0.6) is 11.5 Å². The number of rotatable bonds is 5. The highest BCUT2D eigenvalue weighted by Crippen LogP contribution is 2.40. The number of hydrogen-bond acceptors (Lipinski definition) is 4. The summed E-state index contributed by atoms with van der Waals surface area (Å²) in [5.74, 6) is -10.4. The predicted molar refractivity (Wildman–Crippen MR) is 80.4 cm³/mol. The SMILES string of the molecule is Oc1cc(O)cc(CN(Sc2c(F)c(F)c(F)c(F)c2F)C2CC2)c1. The van der Waals surface area contributed by atoms with Crippen LogP contribution in [0.25, 0.3) is 0 Å². The molecule has 1 fully saturated rings. The second-order valence-corrected chi connectivity index (χ2v) is 6.71. The predicted octanol–water partition coefficient (Wildman–Crippen LogP) is 4.47. The molecule has 0 amide bonds. The monoisotopic (exact) mass is 377 g/mol. The fraction of sp³-hybridized carbons (Fsp3) is 0.250. The van der Waals surface area contributed by atoms with Crippen molar-refractivity contribution in [3.05, 3.63) is 52.8 Å². The number of hydrogen-bond donors (Lipinski definition) is 2. The van der Waals surface area contributed by atoms with Crippen molar-refractivity contribution in [2.24, 2.45) is 0 Å². The van der Waals surface area contributed by atoms with E-state index in [1.165, 1.54) is 16.4 Å². The molecule has 0 unspecified atom stereocenters. The molecule has 3 nitrogen and oxygen atoms in total. The zero-order valence-electron chi connectivity index (χ0n) is 12.6. The van der Waals surface area contributed by atoms with E-state index in [1.807, 2.05) is 0 Å². The molecule has 1 saturated carbocycles. The molecule has 0 aromatic heterocycles. The zero-order valence-corrected chi connectivity index (χ0v) is 13.4. The standard InChI is InChI=1S/C16H12F5NO2S/c17-11-12(18)14(20)16(15(21)13(11)19)25-22(8-1-2-8)6-7-3-9(23)5-10(24)4-7/h3-5,8,23-24H,1-2,6H2. The molecular weight excluding hydrogens is 365 g/mol. The van der Waals surface area contributed by atoms with E-state index in [2.05, 4.69) is 0 Å².